The van der Waals surface area contributed by atoms with Crippen molar-refractivity contribution in [1.82, 2.24) is 20.6 Å². The molecule has 3 aromatic rings. The van der Waals surface area contributed by atoms with Gasteiger partial charge in [0.2, 0.25) is 0 Å². The number of benzene rings is 2. The van der Waals surface area contributed by atoms with E-state index in [0.717, 1.165) is 29.6 Å². The molecule has 1 heterocycles. The van der Waals surface area contributed by atoms with E-state index < -0.39 is 0 Å². The Balaban J connectivity index is 1.46. The van der Waals surface area contributed by atoms with Crippen molar-refractivity contribution in [3.8, 4) is 11.3 Å². The first-order chi connectivity index (χ1) is 13.2. The molecule has 0 aliphatic rings. The number of hydrogen-bond donors (Lipinski definition) is 3. The molecule has 0 bridgehead atoms. The molecule has 3 rings (SSSR count). The molecule has 27 heavy (non-hydrogen) atoms. The molecule has 1 aromatic heterocycles. The van der Waals surface area contributed by atoms with E-state index in [0.29, 0.717) is 11.8 Å². The molecular formula is C21H25N5S. The summed E-state index contributed by atoms with van der Waals surface area (Å²) < 4.78 is 0. The second kappa shape index (κ2) is 9.83. The molecule has 3 N–H and O–H groups in total. The molecule has 0 fully saturated rings. The van der Waals surface area contributed by atoms with Crippen LogP contribution >= 0.6 is 11.8 Å². The number of thioether (sulfide) groups is 1. The number of hydrogen-bond acceptors (Lipinski definition) is 3. The molecule has 6 heteroatoms. The number of rotatable bonds is 7. The lowest BCUT2D eigenvalue weighted by Gasteiger charge is -2.15. The highest BCUT2D eigenvalue weighted by atomic mass is 32.2. The van der Waals surface area contributed by atoms with Gasteiger partial charge in [0.25, 0.3) is 0 Å². The van der Waals surface area contributed by atoms with Gasteiger partial charge < -0.3 is 15.6 Å². The van der Waals surface area contributed by atoms with Crippen molar-refractivity contribution in [3.05, 3.63) is 72.7 Å². The van der Waals surface area contributed by atoms with E-state index in [9.17, 15) is 0 Å². The molecule has 0 saturated carbocycles. The van der Waals surface area contributed by atoms with Gasteiger partial charge in [-0.2, -0.15) is 0 Å². The second-order valence-electron chi connectivity index (χ2n) is 6.16. The van der Waals surface area contributed by atoms with Crippen LogP contribution in [0.2, 0.25) is 0 Å². The topological polar surface area (TPSA) is 65.1 Å². The summed E-state index contributed by atoms with van der Waals surface area (Å²) in [5.41, 5.74) is 2.15. The molecule has 5 nitrogen and oxygen atoms in total. The Labute approximate surface area is 164 Å². The van der Waals surface area contributed by atoms with E-state index in [4.69, 9.17) is 0 Å². The summed E-state index contributed by atoms with van der Waals surface area (Å²) >= 11 is 1.85. The first kappa shape index (κ1) is 19.0. The van der Waals surface area contributed by atoms with E-state index in [-0.39, 0.29) is 0 Å². The van der Waals surface area contributed by atoms with Crippen molar-refractivity contribution < 1.29 is 0 Å². The van der Waals surface area contributed by atoms with Crippen molar-refractivity contribution in [2.75, 3.05) is 13.6 Å². The Kier molecular flexibility index (Phi) is 6.93. The van der Waals surface area contributed by atoms with Gasteiger partial charge in [-0.1, -0.05) is 55.5 Å². The first-order valence-corrected chi connectivity index (χ1v) is 9.88. The van der Waals surface area contributed by atoms with Crippen LogP contribution in [0.1, 0.15) is 12.7 Å². The summed E-state index contributed by atoms with van der Waals surface area (Å²) in [5.74, 6) is 1.65. The Morgan fingerprint density at radius 3 is 2.48 bits per heavy atom. The zero-order valence-corrected chi connectivity index (χ0v) is 16.5. The van der Waals surface area contributed by atoms with Gasteiger partial charge in [-0.25, -0.2) is 4.98 Å². The normalized spacial score (nSPS) is 12.6. The second-order valence-corrected chi connectivity index (χ2v) is 7.67. The fourth-order valence-corrected chi connectivity index (χ4v) is 3.56. The van der Waals surface area contributed by atoms with Gasteiger partial charge in [0.05, 0.1) is 18.4 Å². The monoisotopic (exact) mass is 379 g/mol. The minimum Gasteiger partial charge on any atom is -0.355 e. The minimum absolute atomic E-state index is 0.430. The lowest BCUT2D eigenvalue weighted by atomic mass is 10.2. The van der Waals surface area contributed by atoms with Gasteiger partial charge in [0.15, 0.2) is 5.96 Å². The number of nitrogens with zero attached hydrogens (tertiary/aromatic N) is 2. The molecule has 1 unspecified atom stereocenters. The van der Waals surface area contributed by atoms with Gasteiger partial charge in [-0.05, 0) is 17.7 Å². The van der Waals surface area contributed by atoms with Crippen LogP contribution in [0.25, 0.3) is 11.3 Å². The largest absolute Gasteiger partial charge is 0.355 e. The Hall–Kier alpha value is -2.73. The molecule has 0 amide bonds. The Morgan fingerprint density at radius 1 is 1.07 bits per heavy atom. The number of H-pyrrole nitrogens is 1. The van der Waals surface area contributed by atoms with Crippen LogP contribution in [-0.2, 0) is 6.54 Å². The first-order valence-electron chi connectivity index (χ1n) is 9.00. The lowest BCUT2D eigenvalue weighted by Crippen LogP contribution is -2.39. The third kappa shape index (κ3) is 5.89. The van der Waals surface area contributed by atoms with Gasteiger partial charge in [-0.15, -0.1) is 11.8 Å². The van der Waals surface area contributed by atoms with Crippen molar-refractivity contribution in [3.63, 3.8) is 0 Å². The maximum absolute atomic E-state index is 4.44. The fourth-order valence-electron chi connectivity index (χ4n) is 2.62. The van der Waals surface area contributed by atoms with Crippen molar-refractivity contribution >= 4 is 17.7 Å². The third-order valence-electron chi connectivity index (χ3n) is 4.00. The SMILES string of the molecule is CN=C(NCc1ncc(-c2ccccc2)[nH]1)NCC(C)Sc1ccccc1. The van der Waals surface area contributed by atoms with Crippen LogP contribution in [0, 0.1) is 0 Å². The summed E-state index contributed by atoms with van der Waals surface area (Å²) in [7, 11) is 1.78. The maximum Gasteiger partial charge on any atom is 0.191 e. The number of nitrogens with one attached hydrogen (secondary N) is 3. The molecular weight excluding hydrogens is 354 g/mol. The average Bonchev–Trinajstić information content (AvgIpc) is 3.19. The lowest BCUT2D eigenvalue weighted by molar-refractivity contribution is 0.770. The number of aromatic nitrogens is 2. The molecule has 0 saturated heterocycles. The number of aromatic amines is 1. The molecule has 0 spiro atoms. The Bertz CT molecular complexity index is 845. The average molecular weight is 380 g/mol. The summed E-state index contributed by atoms with van der Waals surface area (Å²) in [6.07, 6.45) is 1.86. The van der Waals surface area contributed by atoms with Crippen molar-refractivity contribution in [2.45, 2.75) is 23.6 Å². The molecule has 0 radical (unpaired) electrons. The predicted octanol–water partition coefficient (Wildman–Crippen LogP) is 3.92. The van der Waals surface area contributed by atoms with Crippen molar-refractivity contribution in [1.29, 1.82) is 0 Å². The molecule has 2 aromatic carbocycles. The van der Waals surface area contributed by atoms with E-state index in [1.54, 1.807) is 7.05 Å². The van der Waals surface area contributed by atoms with Crippen molar-refractivity contribution in [2.24, 2.45) is 4.99 Å². The van der Waals surface area contributed by atoms with Crippen LogP contribution in [0.4, 0.5) is 0 Å². The predicted molar refractivity (Wildman–Crippen MR) is 114 cm³/mol. The van der Waals surface area contributed by atoms with Crippen LogP contribution < -0.4 is 10.6 Å². The van der Waals surface area contributed by atoms with Gasteiger partial charge in [0.1, 0.15) is 5.82 Å². The standard InChI is InChI=1S/C21H25N5S/c1-16(27-18-11-7-4-8-12-18)13-24-21(22-2)25-15-20-23-14-19(26-20)17-9-5-3-6-10-17/h3-12,14,16H,13,15H2,1-2H3,(H,23,26)(H2,22,24,25). The smallest absolute Gasteiger partial charge is 0.191 e. The van der Waals surface area contributed by atoms with E-state index in [1.807, 2.05) is 42.2 Å². The van der Waals surface area contributed by atoms with E-state index in [1.165, 1.54) is 4.90 Å². The Morgan fingerprint density at radius 2 is 1.78 bits per heavy atom. The highest BCUT2D eigenvalue weighted by Gasteiger charge is 2.07. The van der Waals surface area contributed by atoms with Crippen LogP contribution in [-0.4, -0.2) is 34.8 Å². The fraction of sp³-hybridized carbons (Fsp3) is 0.238. The molecule has 140 valence electrons. The number of aliphatic imine (C=N–C) groups is 1. The summed E-state index contributed by atoms with van der Waals surface area (Å²) in [4.78, 5) is 13.4. The highest BCUT2D eigenvalue weighted by Crippen LogP contribution is 2.21. The van der Waals surface area contributed by atoms with E-state index in [2.05, 4.69) is 68.9 Å². The van der Waals surface area contributed by atoms with E-state index >= 15 is 0 Å². The zero-order valence-electron chi connectivity index (χ0n) is 15.6. The molecule has 1 atom stereocenters. The van der Waals surface area contributed by atoms with Gasteiger partial charge >= 0.3 is 0 Å². The number of guanidine groups is 1. The van der Waals surface area contributed by atoms with Gasteiger partial charge in [-0.3, -0.25) is 4.99 Å². The van der Waals surface area contributed by atoms with Gasteiger partial charge in [0, 0.05) is 23.7 Å². The summed E-state index contributed by atoms with van der Waals surface area (Å²) in [6.45, 7) is 3.62. The molecule has 0 aliphatic heterocycles. The quantitative estimate of drug-likeness (QED) is 0.331. The summed E-state index contributed by atoms with van der Waals surface area (Å²) in [5, 5.41) is 7.11. The molecule has 0 aliphatic carbocycles. The highest BCUT2D eigenvalue weighted by molar-refractivity contribution is 8.00. The maximum atomic E-state index is 4.44. The number of imidazole rings is 1. The minimum atomic E-state index is 0.430. The third-order valence-corrected chi connectivity index (χ3v) is 5.11. The zero-order chi connectivity index (χ0) is 18.9. The van der Waals surface area contributed by atoms with Crippen LogP contribution in [0.3, 0.4) is 0 Å². The van der Waals surface area contributed by atoms with Crippen LogP contribution in [0.5, 0.6) is 0 Å². The summed E-state index contributed by atoms with van der Waals surface area (Å²) in [6, 6.07) is 20.6. The van der Waals surface area contributed by atoms with Crippen LogP contribution in [0.15, 0.2) is 76.7 Å².